The zero-order chi connectivity index (χ0) is 15.5. The molecule has 0 spiro atoms. The van der Waals surface area contributed by atoms with Crippen LogP contribution in [-0.4, -0.2) is 5.91 Å². The molecule has 0 aliphatic heterocycles. The maximum absolute atomic E-state index is 11.9. The van der Waals surface area contributed by atoms with Crippen molar-refractivity contribution in [3.05, 3.63) is 70.4 Å². The summed E-state index contributed by atoms with van der Waals surface area (Å²) in [7, 11) is 0. The molecule has 4 heteroatoms. The summed E-state index contributed by atoms with van der Waals surface area (Å²) in [5.74, 6) is 0.463. The van der Waals surface area contributed by atoms with E-state index < -0.39 is 0 Å². The zero-order valence-corrected chi connectivity index (χ0v) is 13.6. The third-order valence-corrected chi connectivity index (χ3v) is 3.73. The second kappa shape index (κ2) is 6.20. The van der Waals surface area contributed by atoms with Crippen LogP contribution in [-0.2, 0) is 4.79 Å². The summed E-state index contributed by atoms with van der Waals surface area (Å²) < 4.78 is 6.64. The Morgan fingerprint density at radius 1 is 1.14 bits per heavy atom. The minimum atomic E-state index is -0.195. The van der Waals surface area contributed by atoms with Crippen LogP contribution < -0.4 is 5.32 Å². The Bertz CT molecular complexity index is 847. The van der Waals surface area contributed by atoms with Gasteiger partial charge in [0.1, 0.15) is 11.3 Å². The number of hydrogen-bond donors (Lipinski definition) is 1. The van der Waals surface area contributed by atoms with Gasteiger partial charge in [-0.2, -0.15) is 0 Å². The van der Waals surface area contributed by atoms with Crippen molar-refractivity contribution in [3.63, 3.8) is 0 Å². The molecule has 1 heterocycles. The Kier molecular flexibility index (Phi) is 4.11. The molecule has 0 unspecified atom stereocenters. The molecular weight excluding hydrogens is 342 g/mol. The van der Waals surface area contributed by atoms with E-state index in [1.165, 1.54) is 11.6 Å². The van der Waals surface area contributed by atoms with Gasteiger partial charge >= 0.3 is 0 Å². The van der Waals surface area contributed by atoms with Gasteiger partial charge in [0.2, 0.25) is 5.91 Å². The Labute approximate surface area is 136 Å². The molecule has 0 saturated carbocycles. The second-order valence-electron chi connectivity index (χ2n) is 5.02. The van der Waals surface area contributed by atoms with Crippen molar-refractivity contribution in [1.29, 1.82) is 0 Å². The highest BCUT2D eigenvalue weighted by molar-refractivity contribution is 9.10. The second-order valence-corrected chi connectivity index (χ2v) is 5.94. The van der Waals surface area contributed by atoms with E-state index in [-0.39, 0.29) is 5.91 Å². The molecular formula is C18H14BrNO2. The summed E-state index contributed by atoms with van der Waals surface area (Å²) in [5, 5.41) is 3.83. The maximum atomic E-state index is 11.9. The van der Waals surface area contributed by atoms with E-state index >= 15 is 0 Å². The van der Waals surface area contributed by atoms with E-state index in [2.05, 4.69) is 27.3 Å². The van der Waals surface area contributed by atoms with Gasteiger partial charge in [-0.1, -0.05) is 27.6 Å². The van der Waals surface area contributed by atoms with Crippen LogP contribution in [0, 0.1) is 6.92 Å². The Morgan fingerprint density at radius 3 is 2.68 bits per heavy atom. The molecule has 110 valence electrons. The fourth-order valence-electron chi connectivity index (χ4n) is 2.14. The quantitative estimate of drug-likeness (QED) is 0.659. The molecule has 3 nitrogen and oxygen atoms in total. The van der Waals surface area contributed by atoms with E-state index in [9.17, 15) is 4.79 Å². The van der Waals surface area contributed by atoms with E-state index in [0.717, 1.165) is 21.1 Å². The van der Waals surface area contributed by atoms with Crippen molar-refractivity contribution < 1.29 is 9.21 Å². The minimum absolute atomic E-state index is 0.195. The van der Waals surface area contributed by atoms with E-state index in [1.807, 2.05) is 49.4 Å². The van der Waals surface area contributed by atoms with E-state index in [1.54, 1.807) is 6.08 Å². The molecule has 3 rings (SSSR count). The average molecular weight is 356 g/mol. The third kappa shape index (κ3) is 3.46. The van der Waals surface area contributed by atoms with Crippen LogP contribution in [0.2, 0.25) is 0 Å². The molecule has 1 amide bonds. The monoisotopic (exact) mass is 355 g/mol. The van der Waals surface area contributed by atoms with Gasteiger partial charge in [-0.05, 0) is 55.5 Å². The molecule has 0 bridgehead atoms. The summed E-state index contributed by atoms with van der Waals surface area (Å²) in [6.07, 6.45) is 3.14. The van der Waals surface area contributed by atoms with Crippen molar-refractivity contribution in [3.8, 4) is 0 Å². The lowest BCUT2D eigenvalue weighted by atomic mass is 10.2. The average Bonchev–Trinajstić information content (AvgIpc) is 2.89. The van der Waals surface area contributed by atoms with E-state index in [0.29, 0.717) is 5.76 Å². The molecule has 2 aromatic carbocycles. The molecule has 3 aromatic rings. The van der Waals surface area contributed by atoms with E-state index in [4.69, 9.17) is 4.42 Å². The molecule has 22 heavy (non-hydrogen) atoms. The predicted octanol–water partition coefficient (Wildman–Crippen LogP) is 5.16. The van der Waals surface area contributed by atoms with Crippen molar-refractivity contribution in [2.45, 2.75) is 6.92 Å². The lowest BCUT2D eigenvalue weighted by molar-refractivity contribution is -0.111. The first kappa shape index (κ1) is 14.6. The molecule has 0 atom stereocenters. The molecule has 1 aromatic heterocycles. The van der Waals surface area contributed by atoms with Gasteiger partial charge < -0.3 is 9.73 Å². The standard InChI is InChI=1S/C18H14BrNO2/c1-12-2-8-17-13(10-12)11-16(22-17)7-9-18(21)20-15-5-3-14(19)4-6-15/h2-11H,1H3,(H,20,21)/b9-7+. The number of halogens is 1. The molecule has 0 radical (unpaired) electrons. The van der Waals surface area contributed by atoms with Crippen LogP contribution in [0.4, 0.5) is 5.69 Å². The lowest BCUT2D eigenvalue weighted by Crippen LogP contribution is -2.07. The van der Waals surface area contributed by atoms with Crippen LogP contribution in [0.15, 0.2) is 63.5 Å². The number of benzene rings is 2. The lowest BCUT2D eigenvalue weighted by Gasteiger charge is -2.01. The van der Waals surface area contributed by atoms with Crippen LogP contribution >= 0.6 is 15.9 Å². The van der Waals surface area contributed by atoms with Crippen molar-refractivity contribution >= 4 is 44.6 Å². The smallest absolute Gasteiger partial charge is 0.248 e. The number of hydrogen-bond acceptors (Lipinski definition) is 2. The topological polar surface area (TPSA) is 42.2 Å². The largest absolute Gasteiger partial charge is 0.457 e. The molecule has 0 aliphatic carbocycles. The highest BCUT2D eigenvalue weighted by atomic mass is 79.9. The first-order valence-corrected chi connectivity index (χ1v) is 7.64. The normalized spacial score (nSPS) is 11.2. The van der Waals surface area contributed by atoms with Crippen LogP contribution in [0.3, 0.4) is 0 Å². The highest BCUT2D eigenvalue weighted by Gasteiger charge is 2.02. The number of fused-ring (bicyclic) bond motifs is 1. The first-order valence-electron chi connectivity index (χ1n) is 6.85. The third-order valence-electron chi connectivity index (χ3n) is 3.20. The summed E-state index contributed by atoms with van der Waals surface area (Å²) >= 11 is 3.36. The summed E-state index contributed by atoms with van der Waals surface area (Å²) in [6, 6.07) is 15.3. The summed E-state index contributed by atoms with van der Waals surface area (Å²) in [4.78, 5) is 11.9. The first-order chi connectivity index (χ1) is 10.6. The Balaban J connectivity index is 1.71. The van der Waals surface area contributed by atoms with Gasteiger partial charge in [-0.3, -0.25) is 4.79 Å². The zero-order valence-electron chi connectivity index (χ0n) is 12.0. The van der Waals surface area contributed by atoms with Gasteiger partial charge in [0.25, 0.3) is 0 Å². The van der Waals surface area contributed by atoms with Gasteiger partial charge in [0, 0.05) is 21.6 Å². The fraction of sp³-hybridized carbons (Fsp3) is 0.0556. The molecule has 1 N–H and O–H groups in total. The van der Waals surface area contributed by atoms with Crippen molar-refractivity contribution in [2.75, 3.05) is 5.32 Å². The number of nitrogens with one attached hydrogen (secondary N) is 1. The van der Waals surface area contributed by atoms with Gasteiger partial charge in [0.15, 0.2) is 0 Å². The number of rotatable bonds is 3. The van der Waals surface area contributed by atoms with Crippen LogP contribution in [0.1, 0.15) is 11.3 Å². The summed E-state index contributed by atoms with van der Waals surface area (Å²) in [5.41, 5.74) is 2.74. The number of aryl methyl sites for hydroxylation is 1. The molecule has 0 fully saturated rings. The van der Waals surface area contributed by atoms with Gasteiger partial charge in [-0.25, -0.2) is 0 Å². The van der Waals surface area contributed by atoms with Gasteiger partial charge in [-0.15, -0.1) is 0 Å². The highest BCUT2D eigenvalue weighted by Crippen LogP contribution is 2.21. The number of amides is 1. The maximum Gasteiger partial charge on any atom is 0.248 e. The summed E-state index contributed by atoms with van der Waals surface area (Å²) in [6.45, 7) is 2.04. The fourth-order valence-corrected chi connectivity index (χ4v) is 2.40. The SMILES string of the molecule is Cc1ccc2oc(/C=C/C(=O)Nc3ccc(Br)cc3)cc2c1. The minimum Gasteiger partial charge on any atom is -0.457 e. The predicted molar refractivity (Wildman–Crippen MR) is 92.8 cm³/mol. The Morgan fingerprint density at radius 2 is 1.91 bits per heavy atom. The number of carbonyl (C=O) groups is 1. The van der Waals surface area contributed by atoms with Gasteiger partial charge in [0.05, 0.1) is 0 Å². The van der Waals surface area contributed by atoms with Crippen LogP contribution in [0.25, 0.3) is 17.0 Å². The number of carbonyl (C=O) groups excluding carboxylic acids is 1. The number of furan rings is 1. The Hall–Kier alpha value is -2.33. The molecule has 0 saturated heterocycles. The van der Waals surface area contributed by atoms with Crippen molar-refractivity contribution in [1.82, 2.24) is 0 Å². The number of anilines is 1. The van der Waals surface area contributed by atoms with Crippen molar-refractivity contribution in [2.24, 2.45) is 0 Å². The van der Waals surface area contributed by atoms with Crippen LogP contribution in [0.5, 0.6) is 0 Å². The molecule has 0 aliphatic rings.